The summed E-state index contributed by atoms with van der Waals surface area (Å²) in [6.07, 6.45) is 1.25. The number of benzene rings is 2. The molecule has 1 N–H and O–H groups in total. The topological polar surface area (TPSA) is 65.1 Å². The van der Waals surface area contributed by atoms with E-state index in [0.29, 0.717) is 43.2 Å². The largest absolute Gasteiger partial charge is 0.444 e. The SMILES string of the molecule is CC(C)(C)OC(=O)N1CCC[C@@H]1CNC(=O)N1CCN(c2ccc(F)cc2)c2cc(F)ccc21. The predicted molar refractivity (Wildman–Crippen MR) is 127 cm³/mol. The van der Waals surface area contributed by atoms with Gasteiger partial charge in [-0.1, -0.05) is 0 Å². The molecule has 4 rings (SSSR count). The summed E-state index contributed by atoms with van der Waals surface area (Å²) in [5, 5.41) is 2.94. The zero-order chi connectivity index (χ0) is 24.5. The molecule has 0 aliphatic carbocycles. The van der Waals surface area contributed by atoms with Gasteiger partial charge in [-0.2, -0.15) is 0 Å². The Balaban J connectivity index is 1.46. The lowest BCUT2D eigenvalue weighted by atomic mass is 10.1. The Labute approximate surface area is 198 Å². The molecule has 0 bridgehead atoms. The van der Waals surface area contributed by atoms with Gasteiger partial charge in [-0.05, 0) is 76.1 Å². The minimum atomic E-state index is -0.587. The van der Waals surface area contributed by atoms with Gasteiger partial charge in [0.05, 0.1) is 17.4 Å². The number of hydrogen-bond acceptors (Lipinski definition) is 4. The van der Waals surface area contributed by atoms with Gasteiger partial charge in [0.25, 0.3) is 0 Å². The van der Waals surface area contributed by atoms with E-state index < -0.39 is 11.4 Å². The summed E-state index contributed by atoms with van der Waals surface area (Å²) in [5.41, 5.74) is 1.22. The monoisotopic (exact) mass is 472 g/mol. The van der Waals surface area contributed by atoms with Gasteiger partial charge in [0, 0.05) is 31.9 Å². The number of anilines is 3. The zero-order valence-electron chi connectivity index (χ0n) is 19.7. The predicted octanol–water partition coefficient (Wildman–Crippen LogP) is 5.03. The summed E-state index contributed by atoms with van der Waals surface area (Å²) in [7, 11) is 0. The second kappa shape index (κ2) is 9.48. The summed E-state index contributed by atoms with van der Waals surface area (Å²) in [4.78, 5) is 30.7. The minimum absolute atomic E-state index is 0.146. The smallest absolute Gasteiger partial charge is 0.410 e. The Morgan fingerprint density at radius 3 is 2.41 bits per heavy atom. The van der Waals surface area contributed by atoms with Gasteiger partial charge >= 0.3 is 12.1 Å². The van der Waals surface area contributed by atoms with Crippen molar-refractivity contribution in [2.24, 2.45) is 0 Å². The Bertz CT molecular complexity index is 1060. The van der Waals surface area contributed by atoms with Crippen LogP contribution in [0, 0.1) is 11.6 Å². The Morgan fingerprint density at radius 1 is 1.00 bits per heavy atom. The minimum Gasteiger partial charge on any atom is -0.444 e. The van der Waals surface area contributed by atoms with Crippen LogP contribution in [0.4, 0.5) is 35.4 Å². The van der Waals surface area contributed by atoms with E-state index >= 15 is 0 Å². The lowest BCUT2D eigenvalue weighted by Crippen LogP contribution is -2.51. The molecular formula is C25H30F2N4O3. The quantitative estimate of drug-likeness (QED) is 0.681. The lowest BCUT2D eigenvalue weighted by Gasteiger charge is -2.38. The van der Waals surface area contributed by atoms with Crippen molar-refractivity contribution < 1.29 is 23.1 Å². The van der Waals surface area contributed by atoms with E-state index in [9.17, 15) is 18.4 Å². The lowest BCUT2D eigenvalue weighted by molar-refractivity contribution is 0.0228. The molecule has 0 saturated carbocycles. The third-order valence-corrected chi connectivity index (χ3v) is 5.94. The molecule has 0 unspecified atom stereocenters. The van der Waals surface area contributed by atoms with Crippen LogP contribution in [-0.4, -0.2) is 54.8 Å². The van der Waals surface area contributed by atoms with Crippen LogP contribution in [0.2, 0.25) is 0 Å². The number of amides is 3. The normalized spacial score (nSPS) is 18.0. The molecule has 0 aromatic heterocycles. The van der Waals surface area contributed by atoms with Gasteiger partial charge in [0.1, 0.15) is 17.2 Å². The molecule has 1 atom stereocenters. The molecule has 0 radical (unpaired) electrons. The summed E-state index contributed by atoms with van der Waals surface area (Å²) < 4.78 is 33.0. The van der Waals surface area contributed by atoms with Crippen molar-refractivity contribution in [3.63, 3.8) is 0 Å². The summed E-state index contributed by atoms with van der Waals surface area (Å²) >= 11 is 0. The highest BCUT2D eigenvalue weighted by atomic mass is 19.1. The number of fused-ring (bicyclic) bond motifs is 1. The summed E-state index contributed by atoms with van der Waals surface area (Å²) in [6.45, 7) is 7.14. The number of hydrogen-bond donors (Lipinski definition) is 1. The fourth-order valence-corrected chi connectivity index (χ4v) is 4.39. The molecular weight excluding hydrogens is 442 g/mol. The first-order valence-electron chi connectivity index (χ1n) is 11.5. The number of urea groups is 1. The van der Waals surface area contributed by atoms with E-state index in [0.717, 1.165) is 12.8 Å². The maximum Gasteiger partial charge on any atom is 0.410 e. The number of carbonyl (C=O) groups excluding carboxylic acids is 2. The molecule has 2 heterocycles. The van der Waals surface area contributed by atoms with Gasteiger partial charge in [0.2, 0.25) is 0 Å². The molecule has 1 fully saturated rings. The number of rotatable bonds is 3. The van der Waals surface area contributed by atoms with Crippen LogP contribution in [0.1, 0.15) is 33.6 Å². The summed E-state index contributed by atoms with van der Waals surface area (Å²) in [6, 6.07) is 9.76. The van der Waals surface area contributed by atoms with Crippen molar-refractivity contribution in [1.29, 1.82) is 0 Å². The van der Waals surface area contributed by atoms with Gasteiger partial charge in [-0.25, -0.2) is 18.4 Å². The van der Waals surface area contributed by atoms with Crippen molar-refractivity contribution >= 4 is 29.2 Å². The highest BCUT2D eigenvalue weighted by Crippen LogP contribution is 2.38. The molecule has 2 aliphatic rings. The van der Waals surface area contributed by atoms with Crippen LogP contribution in [0.25, 0.3) is 0 Å². The van der Waals surface area contributed by atoms with E-state index in [4.69, 9.17) is 4.74 Å². The number of nitrogens with one attached hydrogen (secondary N) is 1. The van der Waals surface area contributed by atoms with Crippen LogP contribution in [0.5, 0.6) is 0 Å². The van der Waals surface area contributed by atoms with Crippen molar-refractivity contribution in [1.82, 2.24) is 10.2 Å². The molecule has 9 heteroatoms. The standard InChI is InChI=1S/C25H30F2N4O3/c1-25(2,3)34-24(33)30-12-4-5-20(30)16-28-23(32)31-14-13-29(19-9-6-17(26)7-10-19)22-15-18(27)8-11-21(22)31/h6-11,15,20H,4-5,12-14,16H2,1-3H3,(H,28,32)/t20-/m1/s1. The second-order valence-corrected chi connectivity index (χ2v) is 9.57. The molecule has 2 aliphatic heterocycles. The molecule has 182 valence electrons. The third kappa shape index (κ3) is 5.24. The fourth-order valence-electron chi connectivity index (χ4n) is 4.39. The molecule has 2 aromatic rings. The van der Waals surface area contributed by atoms with Crippen molar-refractivity contribution in [2.45, 2.75) is 45.3 Å². The zero-order valence-corrected chi connectivity index (χ0v) is 19.7. The van der Waals surface area contributed by atoms with Crippen LogP contribution >= 0.6 is 0 Å². The van der Waals surface area contributed by atoms with Crippen LogP contribution in [-0.2, 0) is 4.74 Å². The fraction of sp³-hybridized carbons (Fsp3) is 0.440. The van der Waals surface area contributed by atoms with Crippen LogP contribution in [0.3, 0.4) is 0 Å². The van der Waals surface area contributed by atoms with E-state index in [2.05, 4.69) is 5.32 Å². The maximum absolute atomic E-state index is 14.1. The first-order chi connectivity index (χ1) is 16.1. The van der Waals surface area contributed by atoms with Gasteiger partial charge < -0.3 is 19.9 Å². The van der Waals surface area contributed by atoms with E-state index in [1.807, 2.05) is 25.7 Å². The maximum atomic E-state index is 14.1. The molecule has 34 heavy (non-hydrogen) atoms. The van der Waals surface area contributed by atoms with Gasteiger partial charge in [-0.15, -0.1) is 0 Å². The second-order valence-electron chi connectivity index (χ2n) is 9.57. The summed E-state index contributed by atoms with van der Waals surface area (Å²) in [5.74, 6) is -0.777. The van der Waals surface area contributed by atoms with E-state index in [1.165, 1.54) is 24.3 Å². The van der Waals surface area contributed by atoms with Gasteiger partial charge in [-0.3, -0.25) is 4.90 Å². The van der Waals surface area contributed by atoms with Crippen molar-refractivity contribution in [3.05, 3.63) is 54.1 Å². The van der Waals surface area contributed by atoms with Gasteiger partial charge in [0.15, 0.2) is 0 Å². The van der Waals surface area contributed by atoms with Crippen molar-refractivity contribution in [2.75, 3.05) is 36.0 Å². The molecule has 7 nitrogen and oxygen atoms in total. The Kier molecular flexibility index (Phi) is 6.63. The first-order valence-corrected chi connectivity index (χ1v) is 11.5. The van der Waals surface area contributed by atoms with Crippen LogP contribution in [0.15, 0.2) is 42.5 Å². The van der Waals surface area contributed by atoms with E-state index in [-0.39, 0.29) is 24.0 Å². The number of likely N-dealkylation sites (tertiary alicyclic amines) is 1. The third-order valence-electron chi connectivity index (χ3n) is 5.94. The number of halogens is 2. The molecule has 1 saturated heterocycles. The number of carbonyl (C=O) groups is 2. The van der Waals surface area contributed by atoms with E-state index in [1.54, 1.807) is 28.0 Å². The average molecular weight is 473 g/mol. The van der Waals surface area contributed by atoms with Crippen molar-refractivity contribution in [3.8, 4) is 0 Å². The first kappa shape index (κ1) is 23.8. The molecule has 0 spiro atoms. The molecule has 3 amide bonds. The molecule has 2 aromatic carbocycles. The van der Waals surface area contributed by atoms with Crippen LogP contribution < -0.4 is 15.1 Å². The highest BCUT2D eigenvalue weighted by Gasteiger charge is 2.33. The number of ether oxygens (including phenoxy) is 1. The Morgan fingerprint density at radius 2 is 1.71 bits per heavy atom. The number of nitrogens with zero attached hydrogens (tertiary/aromatic N) is 3. The highest BCUT2D eigenvalue weighted by molar-refractivity contribution is 5.98. The average Bonchev–Trinajstić information content (AvgIpc) is 3.25. The Hall–Kier alpha value is -3.36.